The van der Waals surface area contributed by atoms with Gasteiger partial charge in [-0.1, -0.05) is 25.5 Å². The molecule has 0 saturated carbocycles. The van der Waals surface area contributed by atoms with Crippen molar-refractivity contribution in [2.45, 2.75) is 37.6 Å². The van der Waals surface area contributed by atoms with E-state index < -0.39 is 10.0 Å². The summed E-state index contributed by atoms with van der Waals surface area (Å²) in [6.07, 6.45) is 1.67. The molecule has 2 aromatic rings. The SMILES string of the molecule is CCCCNS(=O)(=O)c1ccc(OCC(=O)N[C@H](C)c2ccc(F)cc2)cc1. The molecule has 0 bridgehead atoms. The summed E-state index contributed by atoms with van der Waals surface area (Å²) in [5.74, 6) is -0.288. The van der Waals surface area contributed by atoms with Crippen LogP contribution in [0, 0.1) is 5.82 Å². The Kier molecular flexibility index (Phi) is 7.95. The van der Waals surface area contributed by atoms with Crippen molar-refractivity contribution in [1.29, 1.82) is 0 Å². The quantitative estimate of drug-likeness (QED) is 0.592. The van der Waals surface area contributed by atoms with E-state index in [1.807, 2.05) is 6.92 Å². The van der Waals surface area contributed by atoms with Crippen LogP contribution in [0.25, 0.3) is 0 Å². The summed E-state index contributed by atoms with van der Waals surface area (Å²) in [6.45, 7) is 3.95. The van der Waals surface area contributed by atoms with E-state index in [1.54, 1.807) is 19.1 Å². The van der Waals surface area contributed by atoms with Crippen LogP contribution in [0.2, 0.25) is 0 Å². The zero-order valence-corrected chi connectivity index (χ0v) is 16.8. The van der Waals surface area contributed by atoms with E-state index in [9.17, 15) is 17.6 Å². The number of ether oxygens (including phenoxy) is 1. The lowest BCUT2D eigenvalue weighted by atomic mass is 10.1. The summed E-state index contributed by atoms with van der Waals surface area (Å²) in [4.78, 5) is 12.2. The molecule has 152 valence electrons. The Morgan fingerprint density at radius 3 is 2.36 bits per heavy atom. The van der Waals surface area contributed by atoms with Gasteiger partial charge in [-0.3, -0.25) is 4.79 Å². The lowest BCUT2D eigenvalue weighted by Crippen LogP contribution is -2.31. The number of benzene rings is 2. The zero-order chi connectivity index (χ0) is 20.6. The van der Waals surface area contributed by atoms with Crippen LogP contribution >= 0.6 is 0 Å². The molecule has 1 atom stereocenters. The molecule has 0 spiro atoms. The van der Waals surface area contributed by atoms with E-state index >= 15 is 0 Å². The van der Waals surface area contributed by atoms with Crippen molar-refractivity contribution >= 4 is 15.9 Å². The number of unbranched alkanes of at least 4 members (excludes halogenated alkanes) is 1. The monoisotopic (exact) mass is 408 g/mol. The van der Waals surface area contributed by atoms with Crippen LogP contribution in [0.5, 0.6) is 5.75 Å². The van der Waals surface area contributed by atoms with Crippen molar-refractivity contribution in [1.82, 2.24) is 10.0 Å². The van der Waals surface area contributed by atoms with E-state index in [0.717, 1.165) is 18.4 Å². The number of carbonyl (C=O) groups excluding carboxylic acids is 1. The molecule has 0 fully saturated rings. The summed E-state index contributed by atoms with van der Waals surface area (Å²) < 4.78 is 45.1. The van der Waals surface area contributed by atoms with Crippen LogP contribution < -0.4 is 14.8 Å². The molecule has 6 nitrogen and oxygen atoms in total. The number of amides is 1. The van der Waals surface area contributed by atoms with Crippen LogP contribution in [-0.2, 0) is 14.8 Å². The highest BCUT2D eigenvalue weighted by Crippen LogP contribution is 2.16. The number of sulfonamides is 1. The fraction of sp³-hybridized carbons (Fsp3) is 0.350. The second-order valence-corrected chi connectivity index (χ2v) is 8.12. The fourth-order valence-electron chi connectivity index (χ4n) is 2.45. The third-order valence-electron chi connectivity index (χ3n) is 4.07. The molecule has 0 aliphatic carbocycles. The van der Waals surface area contributed by atoms with Crippen LogP contribution in [0.4, 0.5) is 4.39 Å². The average Bonchev–Trinajstić information content (AvgIpc) is 2.67. The third kappa shape index (κ3) is 6.61. The molecule has 28 heavy (non-hydrogen) atoms. The number of hydrogen-bond donors (Lipinski definition) is 2. The van der Waals surface area contributed by atoms with Crippen LogP contribution in [-0.4, -0.2) is 27.5 Å². The Bertz CT molecular complexity index is 868. The first-order valence-corrected chi connectivity index (χ1v) is 10.6. The molecule has 0 radical (unpaired) electrons. The number of carbonyl (C=O) groups is 1. The first kappa shape index (κ1) is 21.8. The maximum absolute atomic E-state index is 13.0. The predicted octanol–water partition coefficient (Wildman–Crippen LogP) is 3.16. The number of halogens is 1. The molecule has 8 heteroatoms. The Labute approximate surface area is 165 Å². The van der Waals surface area contributed by atoms with Gasteiger partial charge in [-0.25, -0.2) is 17.5 Å². The van der Waals surface area contributed by atoms with E-state index in [2.05, 4.69) is 10.0 Å². The highest BCUT2D eigenvalue weighted by Gasteiger charge is 2.14. The summed E-state index contributed by atoms with van der Waals surface area (Å²) in [5.41, 5.74) is 0.778. The van der Waals surface area contributed by atoms with Gasteiger partial charge in [-0.15, -0.1) is 0 Å². The van der Waals surface area contributed by atoms with Crippen molar-refractivity contribution < 1.29 is 22.3 Å². The van der Waals surface area contributed by atoms with Gasteiger partial charge < -0.3 is 10.1 Å². The molecule has 0 aliphatic heterocycles. The number of hydrogen-bond acceptors (Lipinski definition) is 4. The van der Waals surface area contributed by atoms with E-state index in [-0.39, 0.29) is 29.3 Å². The van der Waals surface area contributed by atoms with E-state index in [1.165, 1.54) is 36.4 Å². The van der Waals surface area contributed by atoms with Gasteiger partial charge in [0.15, 0.2) is 6.61 Å². The maximum Gasteiger partial charge on any atom is 0.258 e. The standard InChI is InChI=1S/C20H25FN2O4S/c1-3-4-13-22-28(25,26)19-11-9-18(10-12-19)27-14-20(24)23-15(2)16-5-7-17(21)8-6-16/h5-12,15,22H,3-4,13-14H2,1-2H3,(H,23,24)/t15-/m1/s1. The minimum absolute atomic E-state index is 0.144. The van der Waals surface area contributed by atoms with Crippen molar-refractivity contribution in [3.05, 3.63) is 59.9 Å². The van der Waals surface area contributed by atoms with Crippen LogP contribution in [0.15, 0.2) is 53.4 Å². The first-order chi connectivity index (χ1) is 13.3. The van der Waals surface area contributed by atoms with Crippen LogP contribution in [0.3, 0.4) is 0 Å². The van der Waals surface area contributed by atoms with Gasteiger partial charge in [0.25, 0.3) is 5.91 Å². The second kappa shape index (κ2) is 10.2. The van der Waals surface area contributed by atoms with Gasteiger partial charge in [0, 0.05) is 6.54 Å². The van der Waals surface area contributed by atoms with Gasteiger partial charge >= 0.3 is 0 Å². The molecular formula is C20H25FN2O4S. The predicted molar refractivity (Wildman–Crippen MR) is 105 cm³/mol. The minimum atomic E-state index is -3.54. The molecule has 2 N–H and O–H groups in total. The van der Waals surface area contributed by atoms with E-state index in [0.29, 0.717) is 12.3 Å². The van der Waals surface area contributed by atoms with Crippen molar-refractivity contribution in [2.24, 2.45) is 0 Å². The van der Waals surface area contributed by atoms with E-state index in [4.69, 9.17) is 4.74 Å². The van der Waals surface area contributed by atoms with Gasteiger partial charge in [0.05, 0.1) is 10.9 Å². The molecular weight excluding hydrogens is 383 g/mol. The van der Waals surface area contributed by atoms with Gasteiger partial charge in [0.1, 0.15) is 11.6 Å². The van der Waals surface area contributed by atoms with Gasteiger partial charge in [-0.05, 0) is 55.3 Å². The molecule has 2 rings (SSSR count). The fourth-order valence-corrected chi connectivity index (χ4v) is 3.52. The second-order valence-electron chi connectivity index (χ2n) is 6.35. The average molecular weight is 408 g/mol. The third-order valence-corrected chi connectivity index (χ3v) is 5.55. The molecule has 0 saturated heterocycles. The summed E-state index contributed by atoms with van der Waals surface area (Å²) in [6, 6.07) is 11.5. The Morgan fingerprint density at radius 2 is 1.75 bits per heavy atom. The maximum atomic E-state index is 13.0. The topological polar surface area (TPSA) is 84.5 Å². The van der Waals surface area contributed by atoms with Gasteiger partial charge in [-0.2, -0.15) is 0 Å². The molecule has 0 heterocycles. The smallest absolute Gasteiger partial charge is 0.258 e. The number of nitrogens with one attached hydrogen (secondary N) is 2. The highest BCUT2D eigenvalue weighted by atomic mass is 32.2. The Morgan fingerprint density at radius 1 is 1.11 bits per heavy atom. The number of rotatable bonds is 10. The summed E-state index contributed by atoms with van der Waals surface area (Å²) >= 11 is 0. The molecule has 1 amide bonds. The highest BCUT2D eigenvalue weighted by molar-refractivity contribution is 7.89. The van der Waals surface area contributed by atoms with Gasteiger partial charge in [0.2, 0.25) is 10.0 Å². The summed E-state index contributed by atoms with van der Waals surface area (Å²) in [7, 11) is -3.54. The first-order valence-electron chi connectivity index (χ1n) is 9.09. The molecule has 2 aromatic carbocycles. The van der Waals surface area contributed by atoms with Crippen molar-refractivity contribution in [3.8, 4) is 5.75 Å². The largest absolute Gasteiger partial charge is 0.484 e. The lowest BCUT2D eigenvalue weighted by molar-refractivity contribution is -0.123. The minimum Gasteiger partial charge on any atom is -0.484 e. The molecule has 0 aliphatic rings. The van der Waals surface area contributed by atoms with Crippen LogP contribution in [0.1, 0.15) is 38.3 Å². The zero-order valence-electron chi connectivity index (χ0n) is 15.9. The molecule has 0 aromatic heterocycles. The molecule has 0 unspecified atom stereocenters. The van der Waals surface area contributed by atoms with Crippen molar-refractivity contribution in [3.63, 3.8) is 0 Å². The lowest BCUT2D eigenvalue weighted by Gasteiger charge is -2.15. The Balaban J connectivity index is 1.85. The Hall–Kier alpha value is -2.45. The van der Waals surface area contributed by atoms with Crippen molar-refractivity contribution in [2.75, 3.05) is 13.2 Å². The summed E-state index contributed by atoms with van der Waals surface area (Å²) in [5, 5.41) is 2.76. The normalized spacial score (nSPS) is 12.4.